The van der Waals surface area contributed by atoms with Gasteiger partial charge in [0, 0.05) is 39.3 Å². The summed E-state index contributed by atoms with van der Waals surface area (Å²) < 4.78 is 39.8. The van der Waals surface area contributed by atoms with Crippen LogP contribution in [-0.2, 0) is 26.3 Å². The van der Waals surface area contributed by atoms with E-state index in [1.165, 1.54) is 6.33 Å². The summed E-state index contributed by atoms with van der Waals surface area (Å²) in [5.74, 6) is 1.49. The summed E-state index contributed by atoms with van der Waals surface area (Å²) in [5.41, 5.74) is 0.262. The van der Waals surface area contributed by atoms with E-state index in [0.717, 1.165) is 55.5 Å². The van der Waals surface area contributed by atoms with Crippen LogP contribution in [0.2, 0.25) is 0 Å². The number of guanidine groups is 1. The first-order chi connectivity index (χ1) is 13.8. The molecule has 0 spiro atoms. The molecule has 158 valence electrons. The Morgan fingerprint density at radius 2 is 2.03 bits per heavy atom. The Kier molecular flexibility index (Phi) is 6.73. The predicted molar refractivity (Wildman–Crippen MR) is 104 cm³/mol. The Labute approximate surface area is 168 Å². The molecule has 1 aromatic heterocycles. The summed E-state index contributed by atoms with van der Waals surface area (Å²) in [6.45, 7) is 5.48. The number of alkyl halides is 3. The number of nitrogens with zero attached hydrogens (tertiary/aromatic N) is 5. The second-order valence-electron chi connectivity index (χ2n) is 7.05. The first-order valence-corrected chi connectivity index (χ1v) is 9.61. The number of likely N-dealkylation sites (tertiary alicyclic amines) is 1. The third kappa shape index (κ3) is 5.93. The average Bonchev–Trinajstić information content (AvgIpc) is 3.28. The molecule has 3 rings (SSSR count). The number of aryl methyl sites for hydroxylation is 1. The fourth-order valence-corrected chi connectivity index (χ4v) is 3.28. The summed E-state index contributed by atoms with van der Waals surface area (Å²) >= 11 is 0. The van der Waals surface area contributed by atoms with Crippen molar-refractivity contribution in [3.05, 3.63) is 47.5 Å². The zero-order valence-corrected chi connectivity index (χ0v) is 16.6. The zero-order chi connectivity index (χ0) is 20.9. The highest BCUT2D eigenvalue weighted by Gasteiger charge is 2.30. The molecule has 2 aromatic rings. The molecule has 10 heteroatoms. The van der Waals surface area contributed by atoms with Crippen LogP contribution in [0.1, 0.15) is 30.3 Å². The summed E-state index contributed by atoms with van der Waals surface area (Å²) in [6, 6.07) is 5.61. The van der Waals surface area contributed by atoms with Crippen LogP contribution in [0.5, 0.6) is 0 Å². The highest BCUT2D eigenvalue weighted by molar-refractivity contribution is 5.80. The standard InChI is InChI=1S/C19H26F3N7/c1-3-23-18(24-10-17-25-13-26-28(17)2)27-16-8-9-29(12-16)11-14-4-6-15(7-5-14)19(20,21)22/h4-7,13,16H,3,8-12H2,1-2H3,(H2,23,24,27). The molecule has 1 atom stereocenters. The van der Waals surface area contributed by atoms with Gasteiger partial charge in [0.2, 0.25) is 0 Å². The number of rotatable bonds is 6. The van der Waals surface area contributed by atoms with Crippen molar-refractivity contribution in [3.63, 3.8) is 0 Å². The van der Waals surface area contributed by atoms with Crippen LogP contribution in [0.25, 0.3) is 0 Å². The van der Waals surface area contributed by atoms with Crippen LogP contribution in [0, 0.1) is 0 Å². The van der Waals surface area contributed by atoms with E-state index >= 15 is 0 Å². The molecule has 0 radical (unpaired) electrons. The largest absolute Gasteiger partial charge is 0.416 e. The number of benzene rings is 1. The summed E-state index contributed by atoms with van der Waals surface area (Å²) in [5, 5.41) is 10.7. The minimum Gasteiger partial charge on any atom is -0.357 e. The molecule has 2 N–H and O–H groups in total. The topological polar surface area (TPSA) is 70.4 Å². The predicted octanol–water partition coefficient (Wildman–Crippen LogP) is 2.16. The van der Waals surface area contributed by atoms with Gasteiger partial charge in [0.15, 0.2) is 5.96 Å². The lowest BCUT2D eigenvalue weighted by atomic mass is 10.1. The van der Waals surface area contributed by atoms with Crippen LogP contribution in [0.15, 0.2) is 35.6 Å². The van der Waals surface area contributed by atoms with Gasteiger partial charge in [0.25, 0.3) is 0 Å². The molecule has 7 nitrogen and oxygen atoms in total. The fraction of sp³-hybridized carbons (Fsp3) is 0.526. The molecule has 0 bridgehead atoms. The molecule has 1 saturated heterocycles. The van der Waals surface area contributed by atoms with Gasteiger partial charge in [-0.25, -0.2) is 9.98 Å². The van der Waals surface area contributed by atoms with Crippen LogP contribution in [0.4, 0.5) is 13.2 Å². The van der Waals surface area contributed by atoms with Gasteiger partial charge >= 0.3 is 6.18 Å². The smallest absolute Gasteiger partial charge is 0.357 e. The Hall–Kier alpha value is -2.62. The van der Waals surface area contributed by atoms with Gasteiger partial charge < -0.3 is 10.6 Å². The average molecular weight is 409 g/mol. The molecule has 1 aromatic carbocycles. The molecular weight excluding hydrogens is 383 g/mol. The quantitative estimate of drug-likeness (QED) is 0.565. The van der Waals surface area contributed by atoms with E-state index in [-0.39, 0.29) is 6.04 Å². The van der Waals surface area contributed by atoms with E-state index in [0.29, 0.717) is 13.1 Å². The number of aromatic nitrogens is 3. The molecule has 0 amide bonds. The SMILES string of the molecule is CCNC(=NCc1ncnn1C)NC1CCN(Cc2ccc(C(F)(F)F)cc2)C1. The number of halogens is 3. The lowest BCUT2D eigenvalue weighted by Crippen LogP contribution is -2.44. The van der Waals surface area contributed by atoms with Crippen molar-refractivity contribution in [1.82, 2.24) is 30.3 Å². The van der Waals surface area contributed by atoms with Crippen LogP contribution in [-0.4, -0.2) is 51.3 Å². The molecule has 1 aliphatic rings. The minimum atomic E-state index is -4.30. The highest BCUT2D eigenvalue weighted by Crippen LogP contribution is 2.29. The van der Waals surface area contributed by atoms with Crippen LogP contribution < -0.4 is 10.6 Å². The second-order valence-corrected chi connectivity index (χ2v) is 7.05. The molecule has 1 fully saturated rings. The van der Waals surface area contributed by atoms with Gasteiger partial charge in [-0.2, -0.15) is 18.3 Å². The van der Waals surface area contributed by atoms with E-state index in [1.807, 2.05) is 14.0 Å². The van der Waals surface area contributed by atoms with E-state index in [4.69, 9.17) is 0 Å². The number of aliphatic imine (C=N–C) groups is 1. The van der Waals surface area contributed by atoms with Gasteiger partial charge in [0.1, 0.15) is 18.7 Å². The first-order valence-electron chi connectivity index (χ1n) is 9.61. The summed E-state index contributed by atoms with van der Waals surface area (Å²) in [6.07, 6.45) is -1.86. The van der Waals surface area contributed by atoms with Crippen molar-refractivity contribution in [2.24, 2.45) is 12.0 Å². The Morgan fingerprint density at radius 1 is 1.28 bits per heavy atom. The van der Waals surface area contributed by atoms with E-state index in [1.54, 1.807) is 16.8 Å². The van der Waals surface area contributed by atoms with E-state index in [9.17, 15) is 13.2 Å². The van der Waals surface area contributed by atoms with Gasteiger partial charge in [-0.1, -0.05) is 12.1 Å². The molecule has 1 aliphatic heterocycles. The summed E-state index contributed by atoms with van der Waals surface area (Å²) in [7, 11) is 1.83. The summed E-state index contributed by atoms with van der Waals surface area (Å²) in [4.78, 5) is 11.0. The third-order valence-electron chi connectivity index (χ3n) is 4.83. The van der Waals surface area contributed by atoms with Crippen LogP contribution >= 0.6 is 0 Å². The lowest BCUT2D eigenvalue weighted by molar-refractivity contribution is -0.137. The van der Waals surface area contributed by atoms with E-state index in [2.05, 4.69) is 30.6 Å². The maximum absolute atomic E-state index is 12.7. The van der Waals surface area contributed by atoms with Gasteiger partial charge in [-0.3, -0.25) is 9.58 Å². The first kappa shape index (κ1) is 21.1. The molecule has 29 heavy (non-hydrogen) atoms. The zero-order valence-electron chi connectivity index (χ0n) is 16.6. The van der Waals surface area contributed by atoms with Crippen molar-refractivity contribution >= 4 is 5.96 Å². The molecule has 0 saturated carbocycles. The van der Waals surface area contributed by atoms with Crippen molar-refractivity contribution < 1.29 is 13.2 Å². The van der Waals surface area contributed by atoms with E-state index < -0.39 is 11.7 Å². The Balaban J connectivity index is 1.53. The van der Waals surface area contributed by atoms with Gasteiger partial charge in [0.05, 0.1) is 5.56 Å². The normalized spacial score (nSPS) is 18.2. The molecule has 0 aliphatic carbocycles. The van der Waals surface area contributed by atoms with Gasteiger partial charge in [-0.15, -0.1) is 0 Å². The van der Waals surface area contributed by atoms with Crippen molar-refractivity contribution in [2.75, 3.05) is 19.6 Å². The van der Waals surface area contributed by atoms with Crippen molar-refractivity contribution in [1.29, 1.82) is 0 Å². The lowest BCUT2D eigenvalue weighted by Gasteiger charge is -2.19. The monoisotopic (exact) mass is 409 g/mol. The minimum absolute atomic E-state index is 0.224. The highest BCUT2D eigenvalue weighted by atomic mass is 19.4. The Morgan fingerprint density at radius 3 is 2.66 bits per heavy atom. The van der Waals surface area contributed by atoms with Crippen molar-refractivity contribution in [2.45, 2.75) is 38.7 Å². The maximum atomic E-state index is 12.7. The number of hydrogen-bond donors (Lipinski definition) is 2. The van der Waals surface area contributed by atoms with Crippen LogP contribution in [0.3, 0.4) is 0 Å². The Bertz CT molecular complexity index is 814. The number of hydrogen-bond acceptors (Lipinski definition) is 4. The maximum Gasteiger partial charge on any atom is 0.416 e. The van der Waals surface area contributed by atoms with Crippen molar-refractivity contribution in [3.8, 4) is 0 Å². The molecular formula is C19H26F3N7. The fourth-order valence-electron chi connectivity index (χ4n) is 3.28. The second kappa shape index (κ2) is 9.25. The molecule has 1 unspecified atom stereocenters. The number of nitrogens with one attached hydrogen (secondary N) is 2. The molecule has 2 heterocycles. The van der Waals surface area contributed by atoms with Gasteiger partial charge in [-0.05, 0) is 31.0 Å². The third-order valence-corrected chi connectivity index (χ3v) is 4.83.